The first-order valence-corrected chi connectivity index (χ1v) is 12.4. The van der Waals surface area contributed by atoms with E-state index in [9.17, 15) is 0 Å². The molecule has 1 aliphatic rings. The van der Waals surface area contributed by atoms with Crippen molar-refractivity contribution in [1.82, 2.24) is 0 Å². The molecule has 26 heavy (non-hydrogen) atoms. The van der Waals surface area contributed by atoms with Crippen molar-refractivity contribution in [2.24, 2.45) is 10.9 Å². The second kappa shape index (κ2) is 16.8. The summed E-state index contributed by atoms with van der Waals surface area (Å²) in [6.07, 6.45) is 26.4. The minimum Gasteiger partial charge on any atom is -0.291 e. The lowest BCUT2D eigenvalue weighted by Gasteiger charge is -2.28. The minimum atomic E-state index is 0.656. The third-order valence-electron chi connectivity index (χ3n) is 6.38. The maximum Gasteiger partial charge on any atom is 0.0527 e. The third-order valence-corrected chi connectivity index (χ3v) is 6.38. The Kier molecular flexibility index (Phi) is 15.3. The summed E-state index contributed by atoms with van der Waals surface area (Å²) < 4.78 is 0. The maximum atomic E-state index is 5.32. The van der Waals surface area contributed by atoms with E-state index >= 15 is 0 Å². The number of hydrogen-bond acceptors (Lipinski definition) is 1. The predicted molar refractivity (Wildman–Crippen MR) is 119 cm³/mol. The van der Waals surface area contributed by atoms with Crippen LogP contribution in [0.2, 0.25) is 0 Å². The van der Waals surface area contributed by atoms with Crippen LogP contribution in [0.4, 0.5) is 0 Å². The van der Waals surface area contributed by atoms with Crippen molar-refractivity contribution in [3.05, 3.63) is 0 Å². The Hall–Kier alpha value is -0.330. The summed E-state index contributed by atoms with van der Waals surface area (Å²) in [5.74, 6) is 0.869. The average Bonchev–Trinajstić information content (AvgIpc) is 2.67. The molecule has 0 radical (unpaired) electrons. The largest absolute Gasteiger partial charge is 0.291 e. The SMILES string of the molecule is CCCCCCCCCCCCC(CCCC)=NC1CCCCC1CC. The zero-order chi connectivity index (χ0) is 18.9. The van der Waals surface area contributed by atoms with Gasteiger partial charge < -0.3 is 0 Å². The highest BCUT2D eigenvalue weighted by atomic mass is 14.8. The van der Waals surface area contributed by atoms with Gasteiger partial charge in [0.25, 0.3) is 0 Å². The summed E-state index contributed by atoms with van der Waals surface area (Å²) in [6, 6.07) is 0.656. The van der Waals surface area contributed by atoms with Crippen LogP contribution in [0.25, 0.3) is 0 Å². The van der Waals surface area contributed by atoms with Gasteiger partial charge in [-0.2, -0.15) is 0 Å². The molecular formula is C25H49N. The molecular weight excluding hydrogens is 314 g/mol. The van der Waals surface area contributed by atoms with Crippen molar-refractivity contribution in [3.8, 4) is 0 Å². The van der Waals surface area contributed by atoms with Gasteiger partial charge in [-0.3, -0.25) is 4.99 Å². The summed E-state index contributed by atoms with van der Waals surface area (Å²) in [4.78, 5) is 5.32. The molecule has 0 aliphatic heterocycles. The molecule has 2 unspecified atom stereocenters. The number of rotatable bonds is 16. The minimum absolute atomic E-state index is 0.656. The van der Waals surface area contributed by atoms with Crippen LogP contribution in [-0.4, -0.2) is 11.8 Å². The smallest absolute Gasteiger partial charge is 0.0527 e. The van der Waals surface area contributed by atoms with Crippen molar-refractivity contribution in [3.63, 3.8) is 0 Å². The molecule has 1 aliphatic carbocycles. The highest BCUT2D eigenvalue weighted by molar-refractivity contribution is 5.84. The summed E-state index contributed by atoms with van der Waals surface area (Å²) in [6.45, 7) is 6.98. The van der Waals surface area contributed by atoms with Crippen LogP contribution in [0.5, 0.6) is 0 Å². The molecule has 1 nitrogen and oxygen atoms in total. The Morgan fingerprint density at radius 1 is 0.654 bits per heavy atom. The lowest BCUT2D eigenvalue weighted by molar-refractivity contribution is 0.301. The molecule has 0 aromatic carbocycles. The van der Waals surface area contributed by atoms with Gasteiger partial charge in [0.1, 0.15) is 0 Å². The maximum absolute atomic E-state index is 5.32. The molecule has 1 heteroatoms. The fourth-order valence-electron chi connectivity index (χ4n) is 4.52. The van der Waals surface area contributed by atoms with Crippen LogP contribution in [0.1, 0.15) is 143 Å². The van der Waals surface area contributed by atoms with E-state index in [1.807, 2.05) is 0 Å². The quantitative estimate of drug-likeness (QED) is 0.192. The van der Waals surface area contributed by atoms with Crippen LogP contribution in [-0.2, 0) is 0 Å². The van der Waals surface area contributed by atoms with Crippen molar-refractivity contribution >= 4 is 5.71 Å². The molecule has 0 amide bonds. The zero-order valence-electron chi connectivity index (χ0n) is 18.5. The number of hydrogen-bond donors (Lipinski definition) is 0. The predicted octanol–water partition coefficient (Wildman–Crippen LogP) is 8.90. The molecule has 1 rings (SSSR count). The molecule has 2 atom stereocenters. The summed E-state index contributed by atoms with van der Waals surface area (Å²) in [5.41, 5.74) is 1.57. The van der Waals surface area contributed by atoms with E-state index in [2.05, 4.69) is 20.8 Å². The van der Waals surface area contributed by atoms with Gasteiger partial charge in [-0.05, 0) is 44.4 Å². The van der Waals surface area contributed by atoms with Gasteiger partial charge in [0.2, 0.25) is 0 Å². The molecule has 154 valence electrons. The Morgan fingerprint density at radius 2 is 1.19 bits per heavy atom. The highest BCUT2D eigenvalue weighted by Gasteiger charge is 2.23. The Morgan fingerprint density at radius 3 is 1.81 bits per heavy atom. The molecule has 0 saturated heterocycles. The first kappa shape index (κ1) is 23.7. The van der Waals surface area contributed by atoms with Gasteiger partial charge in [-0.1, -0.05) is 104 Å². The summed E-state index contributed by atoms with van der Waals surface area (Å²) in [5, 5.41) is 0. The van der Waals surface area contributed by atoms with Crippen LogP contribution < -0.4 is 0 Å². The van der Waals surface area contributed by atoms with Crippen molar-refractivity contribution in [1.29, 1.82) is 0 Å². The normalized spacial score (nSPS) is 21.3. The van der Waals surface area contributed by atoms with E-state index in [0.29, 0.717) is 6.04 Å². The topological polar surface area (TPSA) is 12.4 Å². The number of aliphatic imine (C=N–C) groups is 1. The van der Waals surface area contributed by atoms with E-state index in [1.165, 1.54) is 122 Å². The van der Waals surface area contributed by atoms with Crippen LogP contribution in [0, 0.1) is 5.92 Å². The fourth-order valence-corrected chi connectivity index (χ4v) is 4.52. The van der Waals surface area contributed by atoms with Crippen molar-refractivity contribution in [2.75, 3.05) is 0 Å². The van der Waals surface area contributed by atoms with E-state index < -0.39 is 0 Å². The second-order valence-corrected chi connectivity index (χ2v) is 8.75. The van der Waals surface area contributed by atoms with E-state index in [0.717, 1.165) is 5.92 Å². The Bertz CT molecular complexity index is 333. The molecule has 1 fully saturated rings. The summed E-state index contributed by atoms with van der Waals surface area (Å²) in [7, 11) is 0. The van der Waals surface area contributed by atoms with E-state index in [-0.39, 0.29) is 0 Å². The number of nitrogens with zero attached hydrogens (tertiary/aromatic N) is 1. The molecule has 1 saturated carbocycles. The van der Waals surface area contributed by atoms with Crippen molar-refractivity contribution < 1.29 is 0 Å². The Balaban J connectivity index is 2.22. The fraction of sp³-hybridized carbons (Fsp3) is 0.960. The van der Waals surface area contributed by atoms with Gasteiger partial charge >= 0.3 is 0 Å². The standard InChI is InChI=1S/C25H49N/c1-4-7-9-10-11-12-13-14-15-16-21-24(20-8-5-2)26-25-22-18-17-19-23(25)6-3/h23,25H,4-22H2,1-3H3. The lowest BCUT2D eigenvalue weighted by atomic mass is 9.83. The molecule has 0 aromatic heterocycles. The monoisotopic (exact) mass is 363 g/mol. The third kappa shape index (κ3) is 11.4. The van der Waals surface area contributed by atoms with Crippen LogP contribution >= 0.6 is 0 Å². The molecule has 0 spiro atoms. The van der Waals surface area contributed by atoms with Gasteiger partial charge in [-0.15, -0.1) is 0 Å². The molecule has 0 aromatic rings. The Labute approximate surface area is 165 Å². The second-order valence-electron chi connectivity index (χ2n) is 8.75. The van der Waals surface area contributed by atoms with Gasteiger partial charge in [0.05, 0.1) is 6.04 Å². The van der Waals surface area contributed by atoms with Gasteiger partial charge in [0.15, 0.2) is 0 Å². The van der Waals surface area contributed by atoms with Crippen molar-refractivity contribution in [2.45, 2.75) is 149 Å². The lowest BCUT2D eigenvalue weighted by Crippen LogP contribution is -2.24. The van der Waals surface area contributed by atoms with Gasteiger partial charge in [-0.25, -0.2) is 0 Å². The molecule has 0 bridgehead atoms. The molecule has 0 heterocycles. The first-order valence-electron chi connectivity index (χ1n) is 12.4. The number of unbranched alkanes of at least 4 members (excludes halogenated alkanes) is 10. The van der Waals surface area contributed by atoms with E-state index in [1.54, 1.807) is 5.71 Å². The highest BCUT2D eigenvalue weighted by Crippen LogP contribution is 2.30. The summed E-state index contributed by atoms with van der Waals surface area (Å²) >= 11 is 0. The van der Waals surface area contributed by atoms with Gasteiger partial charge in [0, 0.05) is 5.71 Å². The molecule has 0 N–H and O–H groups in total. The first-order chi connectivity index (χ1) is 12.8. The van der Waals surface area contributed by atoms with Crippen LogP contribution in [0.3, 0.4) is 0 Å². The van der Waals surface area contributed by atoms with E-state index in [4.69, 9.17) is 4.99 Å². The zero-order valence-corrected chi connectivity index (χ0v) is 18.5. The average molecular weight is 364 g/mol. The van der Waals surface area contributed by atoms with Crippen LogP contribution in [0.15, 0.2) is 4.99 Å².